The summed E-state index contributed by atoms with van der Waals surface area (Å²) in [6, 6.07) is 0. The van der Waals surface area contributed by atoms with Crippen molar-refractivity contribution in [2.24, 2.45) is 0 Å². The van der Waals surface area contributed by atoms with E-state index in [0.29, 0.717) is 0 Å². The monoisotopic (exact) mass is 189 g/mol. The lowest BCUT2D eigenvalue weighted by molar-refractivity contribution is 0.0933. The second-order valence-corrected chi connectivity index (χ2v) is 3.08. The highest BCUT2D eigenvalue weighted by Crippen LogP contribution is 1.96. The maximum Gasteiger partial charge on any atom is 0.364 e. The first-order valence-electron chi connectivity index (χ1n) is 5.35. The van der Waals surface area contributed by atoms with E-state index in [1.54, 1.807) is 0 Å². The standard InChI is InChI=1S/C9H22BO3/c1-4-7-11-10(12-8-5-2)13-9-6-3/h10H,4-9H2,1-3H3/q-1. The molecule has 0 N–H and O–H groups in total. The fourth-order valence-electron chi connectivity index (χ4n) is 0.963. The minimum atomic E-state index is -1.26. The molecule has 80 valence electrons. The van der Waals surface area contributed by atoms with Crippen molar-refractivity contribution < 1.29 is 14.0 Å². The summed E-state index contributed by atoms with van der Waals surface area (Å²) in [4.78, 5) is 0. The lowest BCUT2D eigenvalue weighted by Crippen LogP contribution is -2.28. The molecule has 0 saturated carbocycles. The van der Waals surface area contributed by atoms with Crippen LogP contribution < -0.4 is 0 Å². The molecule has 0 radical (unpaired) electrons. The molecule has 0 rings (SSSR count). The zero-order valence-corrected chi connectivity index (χ0v) is 9.17. The molecule has 0 aliphatic heterocycles. The predicted molar refractivity (Wildman–Crippen MR) is 55.9 cm³/mol. The van der Waals surface area contributed by atoms with E-state index in [1.165, 1.54) is 0 Å². The van der Waals surface area contributed by atoms with Gasteiger partial charge in [0.2, 0.25) is 0 Å². The molecule has 0 aliphatic carbocycles. The Balaban J connectivity index is 3.47. The first-order valence-corrected chi connectivity index (χ1v) is 5.35. The summed E-state index contributed by atoms with van der Waals surface area (Å²) < 4.78 is 16.3. The average Bonchev–Trinajstić information content (AvgIpc) is 2.17. The zero-order chi connectivity index (χ0) is 9.94. The van der Waals surface area contributed by atoms with E-state index >= 15 is 0 Å². The van der Waals surface area contributed by atoms with Crippen LogP contribution in [0.2, 0.25) is 0 Å². The molecule has 0 unspecified atom stereocenters. The van der Waals surface area contributed by atoms with Crippen LogP contribution in [0.25, 0.3) is 0 Å². The van der Waals surface area contributed by atoms with Crippen LogP contribution in [0.15, 0.2) is 0 Å². The summed E-state index contributed by atoms with van der Waals surface area (Å²) >= 11 is 0. The highest BCUT2D eigenvalue weighted by molar-refractivity contribution is 6.36. The van der Waals surface area contributed by atoms with Gasteiger partial charge in [0.15, 0.2) is 0 Å². The molecule has 0 saturated heterocycles. The van der Waals surface area contributed by atoms with Gasteiger partial charge in [-0.2, -0.15) is 0 Å². The van der Waals surface area contributed by atoms with Gasteiger partial charge in [0, 0.05) is 19.8 Å². The van der Waals surface area contributed by atoms with Gasteiger partial charge in [-0.25, -0.2) is 0 Å². The molecule has 0 bridgehead atoms. The number of rotatable bonds is 9. The quantitative estimate of drug-likeness (QED) is 0.519. The van der Waals surface area contributed by atoms with E-state index in [2.05, 4.69) is 20.8 Å². The van der Waals surface area contributed by atoms with Crippen LogP contribution in [0.4, 0.5) is 0 Å². The van der Waals surface area contributed by atoms with Crippen molar-refractivity contribution in [1.29, 1.82) is 0 Å². The zero-order valence-electron chi connectivity index (χ0n) is 9.17. The molecule has 0 fully saturated rings. The summed E-state index contributed by atoms with van der Waals surface area (Å²) in [7, 11) is -1.26. The Kier molecular flexibility index (Phi) is 9.99. The van der Waals surface area contributed by atoms with Crippen molar-refractivity contribution in [3.8, 4) is 0 Å². The molecule has 0 heterocycles. The van der Waals surface area contributed by atoms with Gasteiger partial charge in [-0.15, -0.1) is 0 Å². The molecule has 0 aromatic carbocycles. The summed E-state index contributed by atoms with van der Waals surface area (Å²) in [5.74, 6) is 0. The fraction of sp³-hybridized carbons (Fsp3) is 1.00. The van der Waals surface area contributed by atoms with Crippen molar-refractivity contribution in [2.45, 2.75) is 40.0 Å². The Morgan fingerprint density at radius 1 is 0.692 bits per heavy atom. The molecule has 3 nitrogen and oxygen atoms in total. The molecule has 0 amide bonds. The van der Waals surface area contributed by atoms with Gasteiger partial charge in [-0.05, 0) is 19.3 Å². The van der Waals surface area contributed by atoms with E-state index in [1.807, 2.05) is 0 Å². The SMILES string of the molecule is CCCO[BH-](OCCC)OCCC. The Morgan fingerprint density at radius 2 is 1.00 bits per heavy atom. The van der Waals surface area contributed by atoms with Crippen LogP contribution in [0, 0.1) is 0 Å². The minimum Gasteiger partial charge on any atom is -0.547 e. The highest BCUT2D eigenvalue weighted by Gasteiger charge is 2.02. The Bertz CT molecular complexity index is 81.8. The third kappa shape index (κ3) is 8.28. The van der Waals surface area contributed by atoms with Crippen LogP contribution in [0.1, 0.15) is 40.0 Å². The van der Waals surface area contributed by atoms with Crippen LogP contribution in [0.5, 0.6) is 0 Å². The lowest BCUT2D eigenvalue weighted by Gasteiger charge is -2.27. The normalized spacial score (nSPS) is 11.1. The van der Waals surface area contributed by atoms with Crippen LogP contribution >= 0.6 is 0 Å². The Labute approximate surface area is 81.9 Å². The predicted octanol–water partition coefficient (Wildman–Crippen LogP) is 1.98. The first-order chi connectivity index (χ1) is 6.35. The summed E-state index contributed by atoms with van der Waals surface area (Å²) in [6.07, 6.45) is 3.03. The van der Waals surface area contributed by atoms with Crippen LogP contribution in [0.3, 0.4) is 0 Å². The maximum absolute atomic E-state index is 5.43. The van der Waals surface area contributed by atoms with Crippen LogP contribution in [-0.2, 0) is 14.0 Å². The smallest absolute Gasteiger partial charge is 0.364 e. The van der Waals surface area contributed by atoms with Crippen molar-refractivity contribution in [2.75, 3.05) is 19.8 Å². The van der Waals surface area contributed by atoms with E-state index in [0.717, 1.165) is 39.1 Å². The van der Waals surface area contributed by atoms with Crippen molar-refractivity contribution >= 4 is 7.32 Å². The average molecular weight is 189 g/mol. The second-order valence-electron chi connectivity index (χ2n) is 3.08. The Hall–Kier alpha value is -0.0551. The second kappa shape index (κ2) is 10.0. The van der Waals surface area contributed by atoms with Gasteiger partial charge in [-0.3, -0.25) is 0 Å². The molecule has 0 aromatic rings. The van der Waals surface area contributed by atoms with Gasteiger partial charge in [0.05, 0.1) is 0 Å². The topological polar surface area (TPSA) is 27.7 Å². The van der Waals surface area contributed by atoms with E-state index in [9.17, 15) is 0 Å². The van der Waals surface area contributed by atoms with E-state index in [4.69, 9.17) is 14.0 Å². The molecule has 0 aliphatic rings. The maximum atomic E-state index is 5.43. The van der Waals surface area contributed by atoms with Gasteiger partial charge in [0.1, 0.15) is 0 Å². The van der Waals surface area contributed by atoms with Gasteiger partial charge in [0.25, 0.3) is 0 Å². The van der Waals surface area contributed by atoms with Crippen molar-refractivity contribution in [3.63, 3.8) is 0 Å². The van der Waals surface area contributed by atoms with Gasteiger partial charge in [-0.1, -0.05) is 20.8 Å². The molecule has 0 atom stereocenters. The number of hydrogen-bond acceptors (Lipinski definition) is 3. The highest BCUT2D eigenvalue weighted by atomic mass is 16.7. The van der Waals surface area contributed by atoms with E-state index in [-0.39, 0.29) is 0 Å². The largest absolute Gasteiger partial charge is 0.547 e. The summed E-state index contributed by atoms with van der Waals surface area (Å²) in [6.45, 7) is 8.43. The fourth-order valence-corrected chi connectivity index (χ4v) is 0.963. The first kappa shape index (κ1) is 12.9. The number of hydrogen-bond donors (Lipinski definition) is 0. The van der Waals surface area contributed by atoms with Gasteiger partial charge < -0.3 is 14.0 Å². The third-order valence-corrected chi connectivity index (χ3v) is 1.55. The van der Waals surface area contributed by atoms with Crippen molar-refractivity contribution in [3.05, 3.63) is 0 Å². The Morgan fingerprint density at radius 3 is 1.23 bits per heavy atom. The molecular weight excluding hydrogens is 167 g/mol. The third-order valence-electron chi connectivity index (χ3n) is 1.55. The van der Waals surface area contributed by atoms with Crippen LogP contribution in [-0.4, -0.2) is 27.1 Å². The molecule has 0 aromatic heterocycles. The molecule has 13 heavy (non-hydrogen) atoms. The summed E-state index contributed by atoms with van der Waals surface area (Å²) in [5.41, 5.74) is 0. The molecular formula is C9H22BO3-. The summed E-state index contributed by atoms with van der Waals surface area (Å²) in [5, 5.41) is 0. The lowest BCUT2D eigenvalue weighted by atomic mass is 10.2. The molecule has 0 spiro atoms. The molecule has 4 heteroatoms. The van der Waals surface area contributed by atoms with E-state index < -0.39 is 7.32 Å². The minimum absolute atomic E-state index is 0.730. The van der Waals surface area contributed by atoms with Crippen molar-refractivity contribution in [1.82, 2.24) is 0 Å². The van der Waals surface area contributed by atoms with Gasteiger partial charge >= 0.3 is 7.32 Å².